The lowest BCUT2D eigenvalue weighted by Crippen LogP contribution is -2.56. The molecule has 1 atom stereocenters. The van der Waals surface area contributed by atoms with Crippen molar-refractivity contribution in [2.24, 2.45) is 0 Å². The quantitative estimate of drug-likeness (QED) is 0.197. The van der Waals surface area contributed by atoms with Gasteiger partial charge < -0.3 is 43.8 Å². The van der Waals surface area contributed by atoms with E-state index in [0.717, 1.165) is 22.5 Å². The number of pyridine rings is 2. The number of hydrogen-bond donors (Lipinski definition) is 3. The zero-order valence-electron chi connectivity index (χ0n) is 30.1. The second-order valence-electron chi connectivity index (χ2n) is 13.6. The molecule has 5 heterocycles. The van der Waals surface area contributed by atoms with Gasteiger partial charge in [-0.2, -0.15) is 0 Å². The van der Waals surface area contributed by atoms with Crippen molar-refractivity contribution < 1.29 is 33.4 Å². The number of aromatic amines is 1. The Hall–Kier alpha value is -6.64. The average molecular weight is 749 g/mol. The van der Waals surface area contributed by atoms with E-state index in [1.54, 1.807) is 50.3 Å². The number of carbonyl (C=O) groups is 3. The van der Waals surface area contributed by atoms with Crippen LogP contribution in [0, 0.1) is 5.82 Å². The minimum atomic E-state index is -1.39. The molecule has 8 rings (SSSR count). The Morgan fingerprint density at radius 1 is 0.855 bits per heavy atom. The summed E-state index contributed by atoms with van der Waals surface area (Å²) >= 11 is 0. The van der Waals surface area contributed by atoms with Crippen LogP contribution in [0.25, 0.3) is 32.7 Å². The Bertz CT molecular complexity index is 2680. The van der Waals surface area contributed by atoms with Crippen LogP contribution in [-0.2, 0) is 24.3 Å². The number of piperazine rings is 1. The summed E-state index contributed by atoms with van der Waals surface area (Å²) in [6.45, 7) is 5.40. The lowest BCUT2D eigenvalue weighted by Gasteiger charge is -2.38. The number of ether oxygens (including phenoxy) is 2. The second-order valence-corrected chi connectivity index (χ2v) is 13.6. The molecule has 6 aromatic rings. The van der Waals surface area contributed by atoms with Crippen LogP contribution < -0.4 is 30.5 Å². The number of anilines is 1. The number of halogens is 1. The first kappa shape index (κ1) is 35.4. The van der Waals surface area contributed by atoms with E-state index in [2.05, 4.69) is 10.3 Å². The van der Waals surface area contributed by atoms with Gasteiger partial charge in [-0.25, -0.2) is 9.18 Å². The minimum absolute atomic E-state index is 0.0267. The molecule has 14 nitrogen and oxygen atoms in total. The van der Waals surface area contributed by atoms with Crippen molar-refractivity contribution in [2.45, 2.75) is 39.4 Å². The molecule has 1 saturated heterocycles. The highest BCUT2D eigenvalue weighted by atomic mass is 19.1. The normalized spacial score (nSPS) is 14.5. The number of carbonyl (C=O) groups excluding carboxylic acids is 2. The highest BCUT2D eigenvalue weighted by Gasteiger charge is 2.32. The smallest absolute Gasteiger partial charge is 0.341 e. The van der Waals surface area contributed by atoms with E-state index in [-0.39, 0.29) is 67.3 Å². The molecule has 0 saturated carbocycles. The van der Waals surface area contributed by atoms with E-state index in [1.807, 2.05) is 31.2 Å². The van der Waals surface area contributed by atoms with Gasteiger partial charge in [0.15, 0.2) is 11.5 Å². The fourth-order valence-electron chi connectivity index (χ4n) is 7.60. The number of para-hydroxylation sites is 1. The van der Waals surface area contributed by atoms with Gasteiger partial charge in [-0.3, -0.25) is 19.2 Å². The number of amides is 2. The number of rotatable bonds is 9. The van der Waals surface area contributed by atoms with Crippen LogP contribution in [-0.4, -0.2) is 80.9 Å². The lowest BCUT2D eigenvalue weighted by molar-refractivity contribution is -0.133. The summed E-state index contributed by atoms with van der Waals surface area (Å²) in [6, 6.07) is 12.5. The topological polar surface area (TPSA) is 168 Å². The van der Waals surface area contributed by atoms with Gasteiger partial charge in [-0.1, -0.05) is 18.2 Å². The number of aromatic nitrogens is 3. The van der Waals surface area contributed by atoms with E-state index in [4.69, 9.17) is 9.47 Å². The van der Waals surface area contributed by atoms with Crippen LogP contribution in [0.15, 0.2) is 76.7 Å². The maximum Gasteiger partial charge on any atom is 0.341 e. The number of nitrogens with zero attached hydrogens (tertiary/aromatic N) is 4. The first-order valence-electron chi connectivity index (χ1n) is 18.0. The van der Waals surface area contributed by atoms with E-state index >= 15 is 4.39 Å². The number of carboxylic acid groups (broad SMARTS) is 1. The van der Waals surface area contributed by atoms with Crippen LogP contribution in [0.1, 0.15) is 40.1 Å². The van der Waals surface area contributed by atoms with Gasteiger partial charge >= 0.3 is 5.97 Å². The van der Waals surface area contributed by atoms with E-state index in [9.17, 15) is 29.1 Å². The predicted octanol–water partition coefficient (Wildman–Crippen LogP) is 4.09. The fourth-order valence-corrected chi connectivity index (χ4v) is 7.60. The molecule has 55 heavy (non-hydrogen) atoms. The summed E-state index contributed by atoms with van der Waals surface area (Å²) < 4.78 is 30.0. The summed E-state index contributed by atoms with van der Waals surface area (Å²) in [7, 11) is 0. The number of aryl methyl sites for hydroxylation is 2. The summed E-state index contributed by atoms with van der Waals surface area (Å²) in [5.74, 6) is -2.21. The number of nitrogens with one attached hydrogen (secondary N) is 2. The molecule has 0 aliphatic carbocycles. The Labute approximate surface area is 312 Å². The van der Waals surface area contributed by atoms with Crippen LogP contribution in [0.4, 0.5) is 10.1 Å². The van der Waals surface area contributed by atoms with Gasteiger partial charge in [0.1, 0.15) is 23.0 Å². The first-order chi connectivity index (χ1) is 26.6. The maximum absolute atomic E-state index is 15.6. The van der Waals surface area contributed by atoms with Gasteiger partial charge in [0.2, 0.25) is 23.6 Å². The Morgan fingerprint density at radius 3 is 2.20 bits per heavy atom. The third-order valence-corrected chi connectivity index (χ3v) is 10.5. The summed E-state index contributed by atoms with van der Waals surface area (Å²) in [4.78, 5) is 73.4. The number of fused-ring (bicyclic) bond motifs is 4. The fraction of sp³-hybridized carbons (Fsp3) is 0.275. The first-order valence-corrected chi connectivity index (χ1v) is 18.0. The zero-order chi connectivity index (χ0) is 38.5. The predicted molar refractivity (Wildman–Crippen MR) is 203 cm³/mol. The number of aromatic carboxylic acids is 1. The highest BCUT2D eigenvalue weighted by Crippen LogP contribution is 2.35. The molecule has 2 amide bonds. The van der Waals surface area contributed by atoms with Crippen LogP contribution >= 0.6 is 0 Å². The van der Waals surface area contributed by atoms with Crippen molar-refractivity contribution in [1.82, 2.24) is 24.3 Å². The SMILES string of the molecule is CCn1cc(C(=O)O)c(=O)c2cc(F)c(N3CCN(C(=O)[C@H](Cc4c[nH]c5ccccc45)NC(=O)c4cn(CC)c5cc6c(cc5c4=O)OCO6)CC3)cc21. The molecule has 3 aromatic carbocycles. The molecule has 0 bridgehead atoms. The Balaban J connectivity index is 1.08. The molecular weight excluding hydrogens is 711 g/mol. The van der Waals surface area contributed by atoms with Gasteiger partial charge in [-0.15, -0.1) is 0 Å². The Morgan fingerprint density at radius 2 is 1.49 bits per heavy atom. The number of H-pyrrole nitrogens is 1. The molecule has 282 valence electrons. The number of hydrogen-bond acceptors (Lipinski definition) is 8. The summed E-state index contributed by atoms with van der Waals surface area (Å²) in [5, 5.41) is 13.5. The third kappa shape index (κ3) is 6.20. The van der Waals surface area contributed by atoms with Gasteiger partial charge in [0.05, 0.1) is 22.1 Å². The summed E-state index contributed by atoms with van der Waals surface area (Å²) in [6.07, 6.45) is 4.69. The molecule has 2 aliphatic heterocycles. The van der Waals surface area contributed by atoms with Gasteiger partial charge in [0.25, 0.3) is 5.91 Å². The van der Waals surface area contributed by atoms with E-state index in [1.165, 1.54) is 12.4 Å². The standard InChI is InChI=1S/C40H37FN6O8/c1-3-44-19-26(36(48)25-15-34-35(17-32(25)44)55-21-54-34)38(50)43-30(13-22-18-42-29-8-6-5-7-23(22)29)39(51)47-11-9-46(10-12-47)33-16-31-24(14-28(33)41)37(49)27(40(52)53)20-45(31)4-2/h5-8,14-20,30,42H,3-4,9-13,21H2,1-2H3,(H,43,50)(H,52,53)/t30-/m0/s1. The lowest BCUT2D eigenvalue weighted by atomic mass is 10.0. The van der Waals surface area contributed by atoms with Crippen LogP contribution in [0.3, 0.4) is 0 Å². The molecule has 0 unspecified atom stereocenters. The molecular formula is C40H37FN6O8. The van der Waals surface area contributed by atoms with Crippen molar-refractivity contribution in [3.05, 3.63) is 110 Å². The van der Waals surface area contributed by atoms with Crippen molar-refractivity contribution in [1.29, 1.82) is 0 Å². The third-order valence-electron chi connectivity index (χ3n) is 10.5. The molecule has 0 spiro atoms. The number of carboxylic acids is 1. The number of benzene rings is 3. The largest absolute Gasteiger partial charge is 0.477 e. The molecule has 2 aliphatic rings. The zero-order valence-corrected chi connectivity index (χ0v) is 30.1. The molecule has 15 heteroatoms. The van der Waals surface area contributed by atoms with Gasteiger partial charge in [-0.05, 0) is 43.7 Å². The average Bonchev–Trinajstić information content (AvgIpc) is 3.83. The van der Waals surface area contributed by atoms with Gasteiger partial charge in [0, 0.05) is 86.6 Å². The van der Waals surface area contributed by atoms with E-state index in [0.29, 0.717) is 35.6 Å². The molecule has 3 N–H and O–H groups in total. The maximum atomic E-state index is 15.6. The minimum Gasteiger partial charge on any atom is -0.477 e. The molecule has 0 radical (unpaired) electrons. The van der Waals surface area contributed by atoms with E-state index < -0.39 is 40.2 Å². The van der Waals surface area contributed by atoms with Crippen molar-refractivity contribution >= 4 is 56.2 Å². The monoisotopic (exact) mass is 748 g/mol. The van der Waals surface area contributed by atoms with Crippen molar-refractivity contribution in [3.8, 4) is 11.5 Å². The van der Waals surface area contributed by atoms with Crippen molar-refractivity contribution in [2.75, 3.05) is 37.9 Å². The van der Waals surface area contributed by atoms with Crippen LogP contribution in [0.2, 0.25) is 0 Å². The van der Waals surface area contributed by atoms with Crippen molar-refractivity contribution in [3.63, 3.8) is 0 Å². The molecule has 1 fully saturated rings. The Kier molecular flexibility index (Phi) is 8.99. The second kappa shape index (κ2) is 14.0. The highest BCUT2D eigenvalue weighted by molar-refractivity contribution is 6.00. The van der Waals surface area contributed by atoms with Crippen LogP contribution in [0.5, 0.6) is 11.5 Å². The summed E-state index contributed by atoms with van der Waals surface area (Å²) in [5.41, 5.74) is 1.05. The molecule has 3 aromatic heterocycles.